The third-order valence-electron chi connectivity index (χ3n) is 0.585. The molecule has 0 aliphatic rings. The summed E-state index contributed by atoms with van der Waals surface area (Å²) in [5.41, 5.74) is 0. The van der Waals surface area contributed by atoms with E-state index < -0.39 is 0 Å². The molecule has 8 heavy (non-hydrogen) atoms. The summed E-state index contributed by atoms with van der Waals surface area (Å²) in [5, 5.41) is 14.9. The van der Waals surface area contributed by atoms with Gasteiger partial charge in [0.25, 0.3) is 0 Å². The Labute approximate surface area is 54.6 Å². The molecular weight excluding hydrogens is 130 g/mol. The molecule has 0 atom stereocenters. The van der Waals surface area contributed by atoms with E-state index in [1.807, 2.05) is 0 Å². The third kappa shape index (κ3) is 5.72. The first-order chi connectivity index (χ1) is 3.31. The molecule has 0 aliphatic heterocycles. The lowest BCUT2D eigenvalue weighted by molar-refractivity contribution is 0.288. The van der Waals surface area contributed by atoms with E-state index in [-0.39, 0.29) is 24.9 Å². The van der Waals surface area contributed by atoms with E-state index in [1.165, 1.54) is 7.11 Å². The molecule has 2 N–H and O–H groups in total. The molecule has 50 valence electrons. The molecule has 0 fully saturated rings. The minimum Gasteiger partial charge on any atom is -0.484 e. The molecule has 0 aromatic carbocycles. The van der Waals surface area contributed by atoms with Crippen LogP contribution in [0.3, 0.4) is 0 Å². The fraction of sp³-hybridized carbons (Fsp3) is 0.750. The minimum absolute atomic E-state index is 0. The molecule has 0 saturated carbocycles. The molecule has 0 unspecified atom stereocenters. The zero-order chi connectivity index (χ0) is 5.70. The van der Waals surface area contributed by atoms with E-state index in [9.17, 15) is 0 Å². The second-order valence-corrected chi connectivity index (χ2v) is 1.10. The summed E-state index contributed by atoms with van der Waals surface area (Å²) >= 11 is 0. The molecule has 0 bridgehead atoms. The van der Waals surface area contributed by atoms with E-state index in [4.69, 9.17) is 10.5 Å². The summed E-state index contributed by atoms with van der Waals surface area (Å²) < 4.78 is 4.41. The normalized spacial score (nSPS) is 7.25. The van der Waals surface area contributed by atoms with Crippen LogP contribution >= 0.6 is 12.4 Å². The summed E-state index contributed by atoms with van der Waals surface area (Å²) in [6.45, 7) is -0.00727. The van der Waals surface area contributed by atoms with Crippen molar-refractivity contribution < 1.29 is 9.84 Å². The number of hydrogen-bond donors (Lipinski definition) is 2. The molecule has 0 aromatic rings. The minimum atomic E-state index is -0.00727. The van der Waals surface area contributed by atoms with Crippen molar-refractivity contribution in [3.63, 3.8) is 0 Å². The predicted molar refractivity (Wildman–Crippen MR) is 33.7 cm³/mol. The summed E-state index contributed by atoms with van der Waals surface area (Å²) in [6, 6.07) is 0. The first-order valence-electron chi connectivity index (χ1n) is 2.03. The predicted octanol–water partition coefficient (Wildman–Crippen LogP) is 0.414. The quantitative estimate of drug-likeness (QED) is 0.430. The number of halogens is 1. The van der Waals surface area contributed by atoms with Crippen molar-refractivity contribution in [1.29, 1.82) is 5.41 Å². The SMILES string of the molecule is COC(=N)CCO.Cl. The highest BCUT2D eigenvalue weighted by Crippen LogP contribution is 1.79. The lowest BCUT2D eigenvalue weighted by Crippen LogP contribution is -2.00. The Bertz CT molecular complexity index is 67.1. The van der Waals surface area contributed by atoms with Crippen molar-refractivity contribution >= 4 is 18.3 Å². The van der Waals surface area contributed by atoms with Gasteiger partial charge in [-0.05, 0) is 0 Å². The third-order valence-corrected chi connectivity index (χ3v) is 0.585. The van der Waals surface area contributed by atoms with Crippen LogP contribution in [0.5, 0.6) is 0 Å². The van der Waals surface area contributed by atoms with Crippen LogP contribution in [0.15, 0.2) is 0 Å². The number of methoxy groups -OCH3 is 1. The van der Waals surface area contributed by atoms with Gasteiger partial charge in [0.15, 0.2) is 5.90 Å². The van der Waals surface area contributed by atoms with Crippen LogP contribution < -0.4 is 0 Å². The maximum absolute atomic E-state index is 8.15. The molecule has 0 aromatic heterocycles. The van der Waals surface area contributed by atoms with Crippen molar-refractivity contribution in [3.05, 3.63) is 0 Å². The zero-order valence-corrected chi connectivity index (χ0v) is 5.49. The molecule has 0 spiro atoms. The van der Waals surface area contributed by atoms with Crippen LogP contribution in [0.25, 0.3) is 0 Å². The Kier molecular flexibility index (Phi) is 8.95. The first kappa shape index (κ1) is 10.7. The van der Waals surface area contributed by atoms with E-state index >= 15 is 0 Å². The Balaban J connectivity index is 0. The van der Waals surface area contributed by atoms with Crippen molar-refractivity contribution in [2.24, 2.45) is 0 Å². The number of rotatable bonds is 2. The highest BCUT2D eigenvalue weighted by atomic mass is 35.5. The van der Waals surface area contributed by atoms with Crippen molar-refractivity contribution in [2.75, 3.05) is 13.7 Å². The number of aliphatic hydroxyl groups excluding tert-OH is 1. The first-order valence-corrected chi connectivity index (χ1v) is 2.03. The average Bonchev–Trinajstić information content (AvgIpc) is 1.68. The van der Waals surface area contributed by atoms with E-state index in [0.29, 0.717) is 6.42 Å². The van der Waals surface area contributed by atoms with Crippen LogP contribution in [-0.2, 0) is 4.74 Å². The monoisotopic (exact) mass is 139 g/mol. The van der Waals surface area contributed by atoms with Gasteiger partial charge in [0.2, 0.25) is 0 Å². The van der Waals surface area contributed by atoms with Crippen LogP contribution in [-0.4, -0.2) is 24.7 Å². The second kappa shape index (κ2) is 6.72. The van der Waals surface area contributed by atoms with Gasteiger partial charge < -0.3 is 9.84 Å². The van der Waals surface area contributed by atoms with Crippen molar-refractivity contribution in [1.82, 2.24) is 0 Å². The second-order valence-electron chi connectivity index (χ2n) is 1.10. The van der Waals surface area contributed by atoms with Crippen LogP contribution in [0.1, 0.15) is 6.42 Å². The fourth-order valence-electron chi connectivity index (χ4n) is 0.204. The van der Waals surface area contributed by atoms with Gasteiger partial charge in [0.05, 0.1) is 13.7 Å². The molecule has 0 saturated heterocycles. The van der Waals surface area contributed by atoms with Crippen molar-refractivity contribution in [3.8, 4) is 0 Å². The molecular formula is C4H10ClNO2. The fourth-order valence-corrected chi connectivity index (χ4v) is 0.204. The van der Waals surface area contributed by atoms with Gasteiger partial charge in [-0.1, -0.05) is 0 Å². The molecule has 3 nitrogen and oxygen atoms in total. The Morgan fingerprint density at radius 1 is 1.75 bits per heavy atom. The Hall–Kier alpha value is -0.280. The highest BCUT2D eigenvalue weighted by Gasteiger charge is 1.88. The average molecular weight is 140 g/mol. The van der Waals surface area contributed by atoms with E-state index in [1.54, 1.807) is 0 Å². The maximum atomic E-state index is 8.15. The lowest BCUT2D eigenvalue weighted by Gasteiger charge is -1.95. The number of nitrogens with one attached hydrogen (secondary N) is 1. The Morgan fingerprint density at radius 3 is 2.38 bits per heavy atom. The van der Waals surface area contributed by atoms with Gasteiger partial charge in [-0.3, -0.25) is 5.41 Å². The number of ether oxygens (including phenoxy) is 1. The summed E-state index contributed by atoms with van der Waals surface area (Å²) in [4.78, 5) is 0. The molecule has 4 heteroatoms. The molecule has 0 heterocycles. The summed E-state index contributed by atoms with van der Waals surface area (Å²) in [5.74, 6) is 0.127. The Morgan fingerprint density at radius 2 is 2.25 bits per heavy atom. The standard InChI is InChI=1S/C4H9NO2.ClH/c1-7-4(5)2-3-6;/h5-6H,2-3H2,1H3;1H. The maximum Gasteiger partial charge on any atom is 0.182 e. The topological polar surface area (TPSA) is 53.3 Å². The van der Waals surface area contributed by atoms with Crippen LogP contribution in [0.2, 0.25) is 0 Å². The number of hydrogen-bond acceptors (Lipinski definition) is 3. The molecule has 0 amide bonds. The van der Waals surface area contributed by atoms with Gasteiger partial charge in [-0.2, -0.15) is 0 Å². The van der Waals surface area contributed by atoms with Gasteiger partial charge >= 0.3 is 0 Å². The summed E-state index contributed by atoms with van der Waals surface area (Å²) in [7, 11) is 1.41. The largest absolute Gasteiger partial charge is 0.484 e. The zero-order valence-electron chi connectivity index (χ0n) is 4.68. The van der Waals surface area contributed by atoms with E-state index in [0.717, 1.165) is 0 Å². The molecule has 0 rings (SSSR count). The molecule has 0 radical (unpaired) electrons. The van der Waals surface area contributed by atoms with Gasteiger partial charge in [0, 0.05) is 6.42 Å². The van der Waals surface area contributed by atoms with Gasteiger partial charge in [-0.15, -0.1) is 12.4 Å². The highest BCUT2D eigenvalue weighted by molar-refractivity contribution is 5.85. The smallest absolute Gasteiger partial charge is 0.182 e. The van der Waals surface area contributed by atoms with Crippen LogP contribution in [0, 0.1) is 5.41 Å². The lowest BCUT2D eigenvalue weighted by atomic mass is 10.5. The summed E-state index contributed by atoms with van der Waals surface area (Å²) in [6.07, 6.45) is 0.316. The van der Waals surface area contributed by atoms with Crippen molar-refractivity contribution in [2.45, 2.75) is 6.42 Å². The van der Waals surface area contributed by atoms with Crippen LogP contribution in [0.4, 0.5) is 0 Å². The number of aliphatic hydroxyl groups is 1. The van der Waals surface area contributed by atoms with Gasteiger partial charge in [0.1, 0.15) is 0 Å². The van der Waals surface area contributed by atoms with Gasteiger partial charge in [-0.25, -0.2) is 0 Å². The van der Waals surface area contributed by atoms with E-state index in [2.05, 4.69) is 4.74 Å². The molecule has 0 aliphatic carbocycles.